The fourth-order valence-electron chi connectivity index (χ4n) is 6.95. The van der Waals surface area contributed by atoms with E-state index in [9.17, 15) is 18.4 Å². The number of aryl methyl sites for hydroxylation is 1. The van der Waals surface area contributed by atoms with Crippen LogP contribution in [0.5, 0.6) is 0 Å². The summed E-state index contributed by atoms with van der Waals surface area (Å²) in [6, 6.07) is 7.69. The average molecular weight is 569 g/mol. The molecular formula is C31H42F2N6O2. The number of pyridine rings is 1. The number of halogens is 2. The second-order valence-corrected chi connectivity index (χ2v) is 11.7. The first-order valence-electron chi connectivity index (χ1n) is 15.0. The zero-order valence-corrected chi connectivity index (χ0v) is 24.2. The standard InChI is InChI=1S/C31H42F2N6O2/c1-4-38(5-2)31(41)28-12-10-22(17-39(28)18-24-25(32)7-6-8-26(24)33)35-30(40)21-9-11-27-23(16-21)29(37-36-27)20-13-14-34-19(3)15-20/h6-8,13-15,21-23,27-29,36-37H,4-5,9-12,16-18H2,1-3H3,(H,35,40)/t21?,22-,23?,27?,28+,29?/m1/s1. The van der Waals surface area contributed by atoms with Crippen LogP contribution in [-0.2, 0) is 16.1 Å². The number of nitrogens with zero attached hydrogens (tertiary/aromatic N) is 3. The number of piperidine rings is 1. The van der Waals surface area contributed by atoms with Crippen molar-refractivity contribution >= 4 is 11.8 Å². The first-order chi connectivity index (χ1) is 19.8. The van der Waals surface area contributed by atoms with Gasteiger partial charge in [0.1, 0.15) is 11.6 Å². The van der Waals surface area contributed by atoms with Gasteiger partial charge in [-0.2, -0.15) is 0 Å². The molecule has 222 valence electrons. The van der Waals surface area contributed by atoms with Gasteiger partial charge in [-0.3, -0.25) is 24.9 Å². The summed E-state index contributed by atoms with van der Waals surface area (Å²) in [5.74, 6) is -1.09. The van der Waals surface area contributed by atoms with Gasteiger partial charge in [-0.05, 0) is 88.6 Å². The monoisotopic (exact) mass is 568 g/mol. The van der Waals surface area contributed by atoms with Crippen LogP contribution in [-0.4, -0.2) is 64.4 Å². The van der Waals surface area contributed by atoms with Crippen LogP contribution in [0.2, 0.25) is 0 Å². The van der Waals surface area contributed by atoms with Gasteiger partial charge in [0, 0.05) is 61.6 Å². The Bertz CT molecular complexity index is 1220. The Morgan fingerprint density at radius 3 is 2.54 bits per heavy atom. The molecule has 0 spiro atoms. The lowest BCUT2D eigenvalue weighted by Gasteiger charge is -2.41. The molecule has 3 heterocycles. The third kappa shape index (κ3) is 6.44. The maximum Gasteiger partial charge on any atom is 0.239 e. The third-order valence-electron chi connectivity index (χ3n) is 9.22. The second-order valence-electron chi connectivity index (χ2n) is 11.7. The minimum absolute atomic E-state index is 0.0237. The number of hydrogen-bond donors (Lipinski definition) is 3. The van der Waals surface area contributed by atoms with E-state index < -0.39 is 17.7 Å². The van der Waals surface area contributed by atoms with E-state index >= 15 is 0 Å². The van der Waals surface area contributed by atoms with Crippen molar-refractivity contribution in [1.29, 1.82) is 0 Å². The van der Waals surface area contributed by atoms with Crippen molar-refractivity contribution in [2.45, 2.75) is 83.6 Å². The largest absolute Gasteiger partial charge is 0.352 e. The smallest absolute Gasteiger partial charge is 0.239 e. The van der Waals surface area contributed by atoms with Crippen molar-refractivity contribution < 1.29 is 18.4 Å². The van der Waals surface area contributed by atoms with E-state index in [4.69, 9.17) is 0 Å². The Kier molecular flexibility index (Phi) is 9.31. The normalized spacial score (nSPS) is 28.2. The number of fused-ring (bicyclic) bond motifs is 1. The summed E-state index contributed by atoms with van der Waals surface area (Å²) in [6.45, 7) is 7.31. The Balaban J connectivity index is 1.27. The molecule has 1 aliphatic carbocycles. The summed E-state index contributed by atoms with van der Waals surface area (Å²) >= 11 is 0. The molecule has 1 aromatic heterocycles. The van der Waals surface area contributed by atoms with Crippen molar-refractivity contribution in [1.82, 2.24) is 31.0 Å². The molecule has 3 aliphatic rings. The minimum Gasteiger partial charge on any atom is -0.352 e. The first-order valence-corrected chi connectivity index (χ1v) is 15.0. The lowest BCUT2D eigenvalue weighted by molar-refractivity contribution is -0.138. The molecule has 6 atom stereocenters. The Morgan fingerprint density at radius 2 is 1.83 bits per heavy atom. The zero-order chi connectivity index (χ0) is 29.1. The molecule has 10 heteroatoms. The van der Waals surface area contributed by atoms with Gasteiger partial charge in [0.05, 0.1) is 12.1 Å². The molecule has 3 fully saturated rings. The Hall–Kier alpha value is -2.95. The van der Waals surface area contributed by atoms with E-state index in [1.165, 1.54) is 23.8 Å². The minimum atomic E-state index is -0.625. The average Bonchev–Trinajstić information content (AvgIpc) is 3.39. The Morgan fingerprint density at radius 1 is 1.07 bits per heavy atom. The van der Waals surface area contributed by atoms with E-state index in [0.717, 1.165) is 25.0 Å². The van der Waals surface area contributed by atoms with Crippen molar-refractivity contribution in [3.05, 3.63) is 65.0 Å². The predicted molar refractivity (Wildman–Crippen MR) is 152 cm³/mol. The summed E-state index contributed by atoms with van der Waals surface area (Å²) in [5.41, 5.74) is 8.97. The maximum atomic E-state index is 14.6. The highest BCUT2D eigenvalue weighted by Gasteiger charge is 2.43. The second kappa shape index (κ2) is 12.9. The lowest BCUT2D eigenvalue weighted by atomic mass is 9.74. The first kappa shape index (κ1) is 29.5. The summed E-state index contributed by atoms with van der Waals surface area (Å²) < 4.78 is 29.2. The fourth-order valence-corrected chi connectivity index (χ4v) is 6.95. The molecule has 2 amide bonds. The Labute approximate surface area is 241 Å². The SMILES string of the molecule is CCN(CC)C(=O)[C@@H]1CC[C@@H](NC(=O)C2CCC3NNC(c4ccnc(C)c4)C3C2)CN1Cc1c(F)cccc1F. The number of benzene rings is 1. The summed E-state index contributed by atoms with van der Waals surface area (Å²) in [7, 11) is 0. The topological polar surface area (TPSA) is 89.6 Å². The van der Waals surface area contributed by atoms with E-state index in [0.29, 0.717) is 38.5 Å². The fraction of sp³-hybridized carbons (Fsp3) is 0.581. The molecule has 8 nitrogen and oxygen atoms in total. The van der Waals surface area contributed by atoms with Gasteiger partial charge in [0.15, 0.2) is 0 Å². The van der Waals surface area contributed by atoms with Gasteiger partial charge in [0.25, 0.3) is 0 Å². The van der Waals surface area contributed by atoms with E-state index in [-0.39, 0.29) is 47.8 Å². The zero-order valence-electron chi connectivity index (χ0n) is 24.2. The van der Waals surface area contributed by atoms with E-state index in [1.807, 2.05) is 37.9 Å². The van der Waals surface area contributed by atoms with Gasteiger partial charge in [-0.15, -0.1) is 0 Å². The molecule has 5 rings (SSSR count). The number of amides is 2. The molecular weight excluding hydrogens is 526 g/mol. The molecule has 2 aliphatic heterocycles. The molecule has 2 aromatic rings. The number of hydrogen-bond acceptors (Lipinski definition) is 6. The number of rotatable bonds is 8. The van der Waals surface area contributed by atoms with Crippen molar-refractivity contribution in [3.63, 3.8) is 0 Å². The summed E-state index contributed by atoms with van der Waals surface area (Å²) in [6.07, 6.45) is 5.45. The molecule has 4 unspecified atom stereocenters. The number of nitrogens with one attached hydrogen (secondary N) is 3. The van der Waals surface area contributed by atoms with Crippen LogP contribution in [0.25, 0.3) is 0 Å². The number of hydrazine groups is 1. The third-order valence-corrected chi connectivity index (χ3v) is 9.22. The highest BCUT2D eigenvalue weighted by Crippen LogP contribution is 2.40. The van der Waals surface area contributed by atoms with E-state index in [1.54, 1.807) is 4.90 Å². The lowest BCUT2D eigenvalue weighted by Crippen LogP contribution is -2.57. The van der Waals surface area contributed by atoms with Crippen LogP contribution in [0, 0.1) is 30.4 Å². The molecule has 1 saturated carbocycles. The maximum absolute atomic E-state index is 14.6. The number of carbonyl (C=O) groups excluding carboxylic acids is 2. The number of likely N-dealkylation sites (tertiary alicyclic amines) is 1. The van der Waals surface area contributed by atoms with Crippen LogP contribution in [0.1, 0.15) is 68.8 Å². The van der Waals surface area contributed by atoms with Gasteiger partial charge in [-0.1, -0.05) is 6.07 Å². The summed E-state index contributed by atoms with van der Waals surface area (Å²) in [5, 5.41) is 3.25. The highest BCUT2D eigenvalue weighted by atomic mass is 19.1. The molecule has 1 aromatic carbocycles. The van der Waals surface area contributed by atoms with Crippen molar-refractivity contribution in [3.8, 4) is 0 Å². The molecule has 41 heavy (non-hydrogen) atoms. The van der Waals surface area contributed by atoms with Gasteiger partial charge >= 0.3 is 0 Å². The molecule has 3 N–H and O–H groups in total. The predicted octanol–water partition coefficient (Wildman–Crippen LogP) is 3.62. The van der Waals surface area contributed by atoms with Crippen molar-refractivity contribution in [2.75, 3.05) is 19.6 Å². The molecule has 0 bridgehead atoms. The van der Waals surface area contributed by atoms with Gasteiger partial charge in [0.2, 0.25) is 11.8 Å². The van der Waals surface area contributed by atoms with Crippen LogP contribution >= 0.6 is 0 Å². The van der Waals surface area contributed by atoms with Gasteiger partial charge in [-0.25, -0.2) is 14.2 Å². The van der Waals surface area contributed by atoms with Crippen LogP contribution in [0.15, 0.2) is 36.5 Å². The quantitative estimate of drug-likeness (QED) is 0.451. The highest BCUT2D eigenvalue weighted by molar-refractivity contribution is 5.82. The van der Waals surface area contributed by atoms with Crippen LogP contribution in [0.3, 0.4) is 0 Å². The van der Waals surface area contributed by atoms with Crippen LogP contribution in [0.4, 0.5) is 8.78 Å². The number of likely N-dealkylation sites (N-methyl/N-ethyl adjacent to an activating group) is 1. The molecule has 0 radical (unpaired) electrons. The molecule has 2 saturated heterocycles. The van der Waals surface area contributed by atoms with Crippen LogP contribution < -0.4 is 16.2 Å². The van der Waals surface area contributed by atoms with Gasteiger partial charge < -0.3 is 10.2 Å². The van der Waals surface area contributed by atoms with E-state index in [2.05, 4.69) is 27.2 Å². The number of carbonyl (C=O) groups is 2. The van der Waals surface area contributed by atoms with Crippen molar-refractivity contribution in [2.24, 2.45) is 11.8 Å². The summed E-state index contributed by atoms with van der Waals surface area (Å²) in [4.78, 5) is 34.9. The number of aromatic nitrogens is 1.